The lowest BCUT2D eigenvalue weighted by Gasteiger charge is -2.07. The molecule has 1 aromatic rings. The van der Waals surface area contributed by atoms with Crippen LogP contribution in [0.4, 0.5) is 0 Å². The lowest BCUT2D eigenvalue weighted by molar-refractivity contribution is 0.114. The van der Waals surface area contributed by atoms with Gasteiger partial charge in [0, 0.05) is 23.2 Å². The highest BCUT2D eigenvalue weighted by molar-refractivity contribution is 9.09. The summed E-state index contributed by atoms with van der Waals surface area (Å²) >= 11 is 5.23. The second-order valence-electron chi connectivity index (χ2n) is 3.16. The van der Waals surface area contributed by atoms with E-state index < -0.39 is 0 Å². The summed E-state index contributed by atoms with van der Waals surface area (Å²) in [6, 6.07) is 4.24. The van der Waals surface area contributed by atoms with Crippen molar-refractivity contribution in [1.82, 2.24) is 0 Å². The van der Waals surface area contributed by atoms with Gasteiger partial charge in [-0.2, -0.15) is 0 Å². The van der Waals surface area contributed by atoms with Gasteiger partial charge >= 0.3 is 0 Å². The van der Waals surface area contributed by atoms with Gasteiger partial charge in [-0.3, -0.25) is 0 Å². The molecule has 1 aromatic heterocycles. The number of thiophene rings is 1. The molecule has 1 atom stereocenters. The molecule has 0 aromatic carbocycles. The van der Waals surface area contributed by atoms with E-state index >= 15 is 0 Å². The van der Waals surface area contributed by atoms with Crippen LogP contribution in [0.1, 0.15) is 11.8 Å². The number of halogens is 1. The van der Waals surface area contributed by atoms with E-state index in [4.69, 9.17) is 4.74 Å². The smallest absolute Gasteiger partial charge is 0.0514 e. The number of alkyl halides is 1. The first-order chi connectivity index (χ1) is 6.33. The second-order valence-corrected chi connectivity index (χ2v) is 4.84. The summed E-state index contributed by atoms with van der Waals surface area (Å²) in [5.41, 5.74) is 0. The fourth-order valence-corrected chi connectivity index (χ4v) is 1.83. The molecule has 74 valence electrons. The minimum absolute atomic E-state index is 0.614. The van der Waals surface area contributed by atoms with Crippen molar-refractivity contribution in [3.05, 3.63) is 22.4 Å². The van der Waals surface area contributed by atoms with Crippen LogP contribution in [0.5, 0.6) is 0 Å². The minimum atomic E-state index is 0.614. The fraction of sp³-hybridized carbons (Fsp3) is 0.600. The summed E-state index contributed by atoms with van der Waals surface area (Å²) in [5.74, 6) is 0.614. The Morgan fingerprint density at radius 2 is 2.46 bits per heavy atom. The number of ether oxygens (including phenoxy) is 1. The lowest BCUT2D eigenvalue weighted by Crippen LogP contribution is -2.08. The molecule has 0 fully saturated rings. The molecule has 0 amide bonds. The molecule has 0 aliphatic rings. The molecule has 0 radical (unpaired) electrons. The van der Waals surface area contributed by atoms with E-state index in [-0.39, 0.29) is 0 Å². The summed E-state index contributed by atoms with van der Waals surface area (Å²) in [6.07, 6.45) is 1.05. The molecule has 1 unspecified atom stereocenters. The Balaban J connectivity index is 2.02. The first-order valence-corrected chi connectivity index (χ1v) is 6.49. The monoisotopic (exact) mass is 262 g/mol. The number of hydrogen-bond acceptors (Lipinski definition) is 2. The summed E-state index contributed by atoms with van der Waals surface area (Å²) in [7, 11) is 0. The average molecular weight is 263 g/mol. The zero-order valence-corrected chi connectivity index (χ0v) is 10.2. The van der Waals surface area contributed by atoms with E-state index in [9.17, 15) is 0 Å². The Morgan fingerprint density at radius 1 is 1.62 bits per heavy atom. The predicted molar refractivity (Wildman–Crippen MR) is 61.8 cm³/mol. The van der Waals surface area contributed by atoms with Crippen molar-refractivity contribution in [2.45, 2.75) is 13.3 Å². The van der Waals surface area contributed by atoms with Crippen molar-refractivity contribution in [2.75, 3.05) is 18.5 Å². The van der Waals surface area contributed by atoms with E-state index in [1.807, 2.05) is 0 Å². The molecule has 0 saturated carbocycles. The third-order valence-electron chi connectivity index (χ3n) is 1.74. The van der Waals surface area contributed by atoms with Gasteiger partial charge in [0.15, 0.2) is 0 Å². The highest BCUT2D eigenvalue weighted by Gasteiger charge is 1.99. The van der Waals surface area contributed by atoms with Crippen molar-refractivity contribution in [2.24, 2.45) is 5.92 Å². The second kappa shape index (κ2) is 6.57. The van der Waals surface area contributed by atoms with E-state index in [1.165, 1.54) is 4.88 Å². The van der Waals surface area contributed by atoms with Gasteiger partial charge < -0.3 is 4.74 Å². The van der Waals surface area contributed by atoms with Crippen LogP contribution in [0.2, 0.25) is 0 Å². The summed E-state index contributed by atoms with van der Waals surface area (Å²) in [6.45, 7) is 3.88. The topological polar surface area (TPSA) is 9.23 Å². The Hall–Kier alpha value is 0.140. The van der Waals surface area contributed by atoms with Crippen LogP contribution in [0.15, 0.2) is 17.5 Å². The molecule has 1 nitrogen and oxygen atoms in total. The highest BCUT2D eigenvalue weighted by Crippen LogP contribution is 2.09. The van der Waals surface area contributed by atoms with Crippen LogP contribution in [0, 0.1) is 5.92 Å². The molecule has 0 bridgehead atoms. The molecule has 1 heterocycles. The zero-order chi connectivity index (χ0) is 9.52. The third kappa shape index (κ3) is 4.79. The maximum absolute atomic E-state index is 5.54. The van der Waals surface area contributed by atoms with Crippen molar-refractivity contribution < 1.29 is 4.74 Å². The maximum atomic E-state index is 5.54. The molecule has 0 N–H and O–H groups in total. The molecule has 0 aliphatic heterocycles. The van der Waals surface area contributed by atoms with E-state index in [2.05, 4.69) is 40.4 Å². The maximum Gasteiger partial charge on any atom is 0.0514 e. The quantitative estimate of drug-likeness (QED) is 0.565. The largest absolute Gasteiger partial charge is 0.381 e. The molecule has 13 heavy (non-hydrogen) atoms. The van der Waals surface area contributed by atoms with Gasteiger partial charge in [-0.15, -0.1) is 11.3 Å². The molecule has 0 saturated heterocycles. The Morgan fingerprint density at radius 3 is 3.08 bits per heavy atom. The Bertz CT molecular complexity index is 211. The minimum Gasteiger partial charge on any atom is -0.381 e. The fourth-order valence-electron chi connectivity index (χ4n) is 0.957. The molecule has 3 heteroatoms. The lowest BCUT2D eigenvalue weighted by atomic mass is 10.2. The van der Waals surface area contributed by atoms with E-state index in [1.54, 1.807) is 11.3 Å². The van der Waals surface area contributed by atoms with Crippen LogP contribution >= 0.6 is 27.3 Å². The van der Waals surface area contributed by atoms with Crippen molar-refractivity contribution in [3.8, 4) is 0 Å². The highest BCUT2D eigenvalue weighted by atomic mass is 79.9. The summed E-state index contributed by atoms with van der Waals surface area (Å²) in [4.78, 5) is 1.41. The van der Waals surface area contributed by atoms with Crippen LogP contribution in [-0.4, -0.2) is 18.5 Å². The molecular weight excluding hydrogens is 248 g/mol. The summed E-state index contributed by atoms with van der Waals surface area (Å²) < 4.78 is 5.54. The van der Waals surface area contributed by atoms with Gasteiger partial charge in [-0.05, 0) is 17.4 Å². The third-order valence-corrected chi connectivity index (χ3v) is 3.78. The van der Waals surface area contributed by atoms with Gasteiger partial charge in [-0.1, -0.05) is 28.9 Å². The van der Waals surface area contributed by atoms with Crippen LogP contribution in [0.3, 0.4) is 0 Å². The summed E-state index contributed by atoms with van der Waals surface area (Å²) in [5, 5.41) is 3.13. The number of rotatable bonds is 6. The normalized spacial score (nSPS) is 13.1. The molecular formula is C10H15BrOS. The van der Waals surface area contributed by atoms with Gasteiger partial charge in [0.25, 0.3) is 0 Å². The van der Waals surface area contributed by atoms with E-state index in [0.29, 0.717) is 5.92 Å². The standard InChI is InChI=1S/C10H15BrOS/c1-9(7-11)8-12-5-4-10-3-2-6-13-10/h2-3,6,9H,4-5,7-8H2,1H3. The van der Waals surface area contributed by atoms with Crippen molar-refractivity contribution in [1.29, 1.82) is 0 Å². The average Bonchev–Trinajstić information content (AvgIpc) is 2.64. The first kappa shape index (κ1) is 11.2. The first-order valence-electron chi connectivity index (χ1n) is 4.49. The van der Waals surface area contributed by atoms with Gasteiger partial charge in [0.05, 0.1) is 6.61 Å². The molecule has 1 rings (SSSR count). The molecule has 0 aliphatic carbocycles. The van der Waals surface area contributed by atoms with Crippen LogP contribution in [-0.2, 0) is 11.2 Å². The van der Waals surface area contributed by atoms with Crippen molar-refractivity contribution >= 4 is 27.3 Å². The SMILES string of the molecule is CC(CBr)COCCc1cccs1. The van der Waals surface area contributed by atoms with Gasteiger partial charge in [0.1, 0.15) is 0 Å². The van der Waals surface area contributed by atoms with Crippen LogP contribution < -0.4 is 0 Å². The Kier molecular flexibility index (Phi) is 5.67. The van der Waals surface area contributed by atoms with Gasteiger partial charge in [0.2, 0.25) is 0 Å². The predicted octanol–water partition coefficient (Wildman–Crippen LogP) is 3.34. The number of hydrogen-bond donors (Lipinski definition) is 0. The van der Waals surface area contributed by atoms with Crippen molar-refractivity contribution in [3.63, 3.8) is 0 Å². The van der Waals surface area contributed by atoms with E-state index in [0.717, 1.165) is 25.0 Å². The zero-order valence-electron chi connectivity index (χ0n) is 7.83. The van der Waals surface area contributed by atoms with Gasteiger partial charge in [-0.25, -0.2) is 0 Å². The Labute approximate surface area is 92.2 Å². The van der Waals surface area contributed by atoms with Crippen LogP contribution in [0.25, 0.3) is 0 Å². The molecule has 0 spiro atoms.